The van der Waals surface area contributed by atoms with E-state index in [0.717, 1.165) is 12.8 Å². The highest BCUT2D eigenvalue weighted by Gasteiger charge is 2.19. The van der Waals surface area contributed by atoms with Gasteiger partial charge in [0.25, 0.3) is 0 Å². The van der Waals surface area contributed by atoms with E-state index in [9.17, 15) is 4.79 Å². The average Bonchev–Trinajstić information content (AvgIpc) is 2.45. The van der Waals surface area contributed by atoms with Gasteiger partial charge in [-0.3, -0.25) is 0 Å². The summed E-state index contributed by atoms with van der Waals surface area (Å²) in [5.74, 6) is -1.03. The first-order valence-electron chi connectivity index (χ1n) is 4.21. The van der Waals surface area contributed by atoms with E-state index in [4.69, 9.17) is 9.84 Å². The molecular weight excluding hydrogens is 174 g/mol. The van der Waals surface area contributed by atoms with Crippen LogP contribution in [0.5, 0.6) is 0 Å². The van der Waals surface area contributed by atoms with Gasteiger partial charge in [-0.05, 0) is 19.8 Å². The first-order chi connectivity index (χ1) is 6.18. The van der Waals surface area contributed by atoms with E-state index >= 15 is 0 Å². The fourth-order valence-corrected chi connectivity index (χ4v) is 1.15. The van der Waals surface area contributed by atoms with Crippen molar-refractivity contribution in [2.24, 2.45) is 5.16 Å². The number of ether oxygens (including phenoxy) is 1. The molecule has 1 rings (SSSR count). The van der Waals surface area contributed by atoms with Gasteiger partial charge in [0.2, 0.25) is 6.61 Å². The third kappa shape index (κ3) is 3.89. The number of nitrogens with zero attached hydrogens (tertiary/aromatic N) is 1. The Morgan fingerprint density at radius 3 is 3.08 bits per heavy atom. The lowest BCUT2D eigenvalue weighted by atomic mass is 10.2. The number of hydrogen-bond acceptors (Lipinski definition) is 4. The normalized spacial score (nSPS) is 28.1. The highest BCUT2D eigenvalue weighted by Crippen LogP contribution is 2.17. The van der Waals surface area contributed by atoms with E-state index in [0.29, 0.717) is 0 Å². The van der Waals surface area contributed by atoms with E-state index in [-0.39, 0.29) is 12.2 Å². The van der Waals surface area contributed by atoms with Gasteiger partial charge in [-0.1, -0.05) is 5.16 Å². The highest BCUT2D eigenvalue weighted by molar-refractivity contribution is 5.68. The standard InChI is InChI=1S/C8H13NO4/c1-6-2-3-7(13-6)4-9-12-5-8(10)11/h4,6-7H,2-3,5H2,1H3,(H,10,11)/b9-4+. The van der Waals surface area contributed by atoms with Crippen LogP contribution in [0.1, 0.15) is 19.8 Å². The summed E-state index contributed by atoms with van der Waals surface area (Å²) in [6.07, 6.45) is 3.67. The van der Waals surface area contributed by atoms with E-state index in [1.165, 1.54) is 6.21 Å². The van der Waals surface area contributed by atoms with Crippen LogP contribution in [0.4, 0.5) is 0 Å². The van der Waals surface area contributed by atoms with Crippen LogP contribution in [-0.4, -0.2) is 36.1 Å². The summed E-state index contributed by atoms with van der Waals surface area (Å²) in [7, 11) is 0. The largest absolute Gasteiger partial charge is 0.479 e. The van der Waals surface area contributed by atoms with Crippen molar-refractivity contribution in [1.82, 2.24) is 0 Å². The zero-order valence-electron chi connectivity index (χ0n) is 7.47. The van der Waals surface area contributed by atoms with Gasteiger partial charge in [0.05, 0.1) is 18.4 Å². The molecule has 0 aliphatic carbocycles. The van der Waals surface area contributed by atoms with Crippen molar-refractivity contribution in [3.8, 4) is 0 Å². The Labute approximate surface area is 76.3 Å². The van der Waals surface area contributed by atoms with E-state index in [2.05, 4.69) is 9.99 Å². The lowest BCUT2D eigenvalue weighted by molar-refractivity contribution is -0.142. The second kappa shape index (κ2) is 4.81. The number of aliphatic carboxylic acids is 1. The van der Waals surface area contributed by atoms with Crippen molar-refractivity contribution >= 4 is 12.2 Å². The molecule has 0 aromatic carbocycles. The minimum absolute atomic E-state index is 0.0243. The van der Waals surface area contributed by atoms with E-state index < -0.39 is 12.6 Å². The molecule has 0 saturated carbocycles. The maximum atomic E-state index is 10.0. The van der Waals surface area contributed by atoms with Gasteiger partial charge in [-0.25, -0.2) is 4.79 Å². The minimum Gasteiger partial charge on any atom is -0.479 e. The van der Waals surface area contributed by atoms with Gasteiger partial charge in [0.15, 0.2) is 0 Å². The molecule has 1 aliphatic rings. The fraction of sp³-hybridized carbons (Fsp3) is 0.750. The van der Waals surface area contributed by atoms with Crippen molar-refractivity contribution in [3.05, 3.63) is 0 Å². The van der Waals surface area contributed by atoms with Gasteiger partial charge in [0, 0.05) is 0 Å². The number of carboxylic acid groups (broad SMARTS) is 1. The van der Waals surface area contributed by atoms with Crippen LogP contribution in [0.2, 0.25) is 0 Å². The number of carboxylic acids is 1. The molecule has 1 aliphatic heterocycles. The zero-order valence-corrected chi connectivity index (χ0v) is 7.47. The van der Waals surface area contributed by atoms with Crippen molar-refractivity contribution in [1.29, 1.82) is 0 Å². The molecule has 5 heteroatoms. The Balaban J connectivity index is 2.13. The summed E-state index contributed by atoms with van der Waals surface area (Å²) in [4.78, 5) is 14.5. The second-order valence-electron chi connectivity index (χ2n) is 2.98. The Bertz CT molecular complexity index is 204. The van der Waals surface area contributed by atoms with Crippen LogP contribution >= 0.6 is 0 Å². The number of rotatable bonds is 4. The first kappa shape index (κ1) is 9.98. The summed E-state index contributed by atoms with van der Waals surface area (Å²) in [5, 5.41) is 11.7. The average molecular weight is 187 g/mol. The predicted molar refractivity (Wildman–Crippen MR) is 45.6 cm³/mol. The Hall–Kier alpha value is -1.10. The van der Waals surface area contributed by atoms with Gasteiger partial charge in [0.1, 0.15) is 0 Å². The minimum atomic E-state index is -1.03. The molecular formula is C8H13NO4. The van der Waals surface area contributed by atoms with Crippen LogP contribution in [0.25, 0.3) is 0 Å². The van der Waals surface area contributed by atoms with E-state index in [1.54, 1.807) is 0 Å². The topological polar surface area (TPSA) is 68.1 Å². The van der Waals surface area contributed by atoms with Crippen molar-refractivity contribution < 1.29 is 19.5 Å². The van der Waals surface area contributed by atoms with Gasteiger partial charge < -0.3 is 14.7 Å². The molecule has 0 spiro atoms. The molecule has 0 bridgehead atoms. The monoisotopic (exact) mass is 187 g/mol. The molecule has 1 fully saturated rings. The highest BCUT2D eigenvalue weighted by atomic mass is 16.6. The third-order valence-electron chi connectivity index (χ3n) is 1.75. The van der Waals surface area contributed by atoms with Crippen molar-refractivity contribution in [2.75, 3.05) is 6.61 Å². The van der Waals surface area contributed by atoms with Crippen LogP contribution in [-0.2, 0) is 14.4 Å². The molecule has 0 aromatic heterocycles. The summed E-state index contributed by atoms with van der Waals surface area (Å²) >= 11 is 0. The summed E-state index contributed by atoms with van der Waals surface area (Å²) in [5.41, 5.74) is 0. The molecule has 1 heterocycles. The van der Waals surface area contributed by atoms with Gasteiger partial charge >= 0.3 is 5.97 Å². The van der Waals surface area contributed by atoms with Crippen LogP contribution in [0.3, 0.4) is 0 Å². The van der Waals surface area contributed by atoms with Crippen LogP contribution < -0.4 is 0 Å². The quantitative estimate of drug-likeness (QED) is 0.518. The SMILES string of the molecule is CC1CCC(/C=N/OCC(=O)O)O1. The van der Waals surface area contributed by atoms with Crippen LogP contribution in [0, 0.1) is 0 Å². The Kier molecular flexibility index (Phi) is 3.70. The molecule has 0 amide bonds. The number of oxime groups is 1. The molecule has 2 unspecified atom stereocenters. The molecule has 2 atom stereocenters. The number of hydrogen-bond donors (Lipinski definition) is 1. The first-order valence-corrected chi connectivity index (χ1v) is 4.21. The molecule has 13 heavy (non-hydrogen) atoms. The van der Waals surface area contributed by atoms with E-state index in [1.807, 2.05) is 6.92 Å². The Morgan fingerprint density at radius 2 is 2.54 bits per heavy atom. The summed E-state index contributed by atoms with van der Waals surface area (Å²) in [6.45, 7) is 1.59. The van der Waals surface area contributed by atoms with Crippen molar-refractivity contribution in [2.45, 2.75) is 32.0 Å². The van der Waals surface area contributed by atoms with Crippen LogP contribution in [0.15, 0.2) is 5.16 Å². The molecule has 0 radical (unpaired) electrons. The molecule has 1 saturated heterocycles. The smallest absolute Gasteiger partial charge is 0.344 e. The summed E-state index contributed by atoms with van der Waals surface area (Å²) < 4.78 is 5.39. The van der Waals surface area contributed by atoms with Crippen molar-refractivity contribution in [3.63, 3.8) is 0 Å². The number of carbonyl (C=O) groups is 1. The maximum Gasteiger partial charge on any atom is 0.344 e. The Morgan fingerprint density at radius 1 is 1.77 bits per heavy atom. The molecule has 1 N–H and O–H groups in total. The van der Waals surface area contributed by atoms with Gasteiger partial charge in [-0.15, -0.1) is 0 Å². The predicted octanol–water partition coefficient (Wildman–Crippen LogP) is 0.641. The van der Waals surface area contributed by atoms with Gasteiger partial charge in [-0.2, -0.15) is 0 Å². The molecule has 74 valence electrons. The summed E-state index contributed by atoms with van der Waals surface area (Å²) in [6, 6.07) is 0. The third-order valence-corrected chi connectivity index (χ3v) is 1.75. The molecule has 5 nitrogen and oxygen atoms in total. The maximum absolute atomic E-state index is 10.0. The fourth-order valence-electron chi connectivity index (χ4n) is 1.15. The second-order valence-corrected chi connectivity index (χ2v) is 2.98. The molecule has 0 aromatic rings. The lowest BCUT2D eigenvalue weighted by Crippen LogP contribution is -2.10. The zero-order chi connectivity index (χ0) is 9.68. The lowest BCUT2D eigenvalue weighted by Gasteiger charge is -2.03.